The molecule has 2 bridgehead atoms. The van der Waals surface area contributed by atoms with E-state index in [0.29, 0.717) is 24.0 Å². The van der Waals surface area contributed by atoms with Gasteiger partial charge in [0.2, 0.25) is 0 Å². The zero-order valence-corrected chi connectivity index (χ0v) is 14.2. The highest BCUT2D eigenvalue weighted by Gasteiger charge is 2.44. The first-order valence-corrected chi connectivity index (χ1v) is 9.36. The van der Waals surface area contributed by atoms with Crippen LogP contribution in [-0.4, -0.2) is 41.0 Å². The fourth-order valence-corrected chi connectivity index (χ4v) is 4.85. The third-order valence-corrected chi connectivity index (χ3v) is 6.13. The van der Waals surface area contributed by atoms with Crippen LogP contribution in [0.5, 0.6) is 0 Å². The molecule has 2 amide bonds. The number of carbonyl (C=O) groups is 1. The van der Waals surface area contributed by atoms with Gasteiger partial charge in [0.25, 0.3) is 0 Å². The molecule has 0 saturated carbocycles. The summed E-state index contributed by atoms with van der Waals surface area (Å²) >= 11 is 0. The lowest BCUT2D eigenvalue weighted by Gasteiger charge is -2.42. The molecule has 0 radical (unpaired) electrons. The summed E-state index contributed by atoms with van der Waals surface area (Å²) in [5.41, 5.74) is 2.80. The van der Waals surface area contributed by atoms with Gasteiger partial charge in [-0.2, -0.15) is 0 Å². The smallest absolute Gasteiger partial charge is 0.320 e. The molecule has 0 spiro atoms. The third kappa shape index (κ3) is 2.86. The number of likely N-dealkylation sites (tertiary alicyclic amines) is 1. The highest BCUT2D eigenvalue weighted by molar-refractivity contribution is 5.76. The number of carbonyl (C=O) groups excluding carboxylic acids is 1. The van der Waals surface area contributed by atoms with Crippen molar-refractivity contribution in [2.45, 2.75) is 69.9 Å². The van der Waals surface area contributed by atoms with E-state index in [1.165, 1.54) is 43.2 Å². The number of amides is 2. The lowest BCUT2D eigenvalue weighted by Crippen LogP contribution is -2.53. The quantitative estimate of drug-likeness (QED) is 0.758. The maximum Gasteiger partial charge on any atom is 0.320 e. The number of urea groups is 1. The van der Waals surface area contributed by atoms with Gasteiger partial charge in [-0.05, 0) is 63.4 Å². The van der Waals surface area contributed by atoms with Crippen molar-refractivity contribution in [3.63, 3.8) is 0 Å². The molecule has 3 nitrogen and oxygen atoms in total. The molecule has 1 aromatic rings. The van der Waals surface area contributed by atoms with Crippen LogP contribution in [0.4, 0.5) is 4.79 Å². The minimum Gasteiger partial charge on any atom is -0.325 e. The number of hydrogen-bond acceptors (Lipinski definition) is 1. The van der Waals surface area contributed by atoms with Gasteiger partial charge in [0.05, 0.1) is 0 Å². The molecule has 3 saturated heterocycles. The average Bonchev–Trinajstić information content (AvgIpc) is 2.85. The first-order valence-electron chi connectivity index (χ1n) is 9.36. The Morgan fingerprint density at radius 2 is 1.57 bits per heavy atom. The van der Waals surface area contributed by atoms with Crippen molar-refractivity contribution in [2.75, 3.05) is 13.1 Å². The molecule has 2 unspecified atom stereocenters. The average molecular weight is 312 g/mol. The molecule has 4 rings (SSSR count). The zero-order valence-electron chi connectivity index (χ0n) is 14.2. The first-order chi connectivity index (χ1) is 11.2. The summed E-state index contributed by atoms with van der Waals surface area (Å²) in [6.07, 6.45) is 8.35. The van der Waals surface area contributed by atoms with Gasteiger partial charge in [-0.25, -0.2) is 4.79 Å². The van der Waals surface area contributed by atoms with Crippen molar-refractivity contribution in [3.05, 3.63) is 35.4 Å². The van der Waals surface area contributed by atoms with Crippen LogP contribution in [-0.2, 0) is 0 Å². The van der Waals surface area contributed by atoms with Gasteiger partial charge in [-0.3, -0.25) is 0 Å². The summed E-state index contributed by atoms with van der Waals surface area (Å²) < 4.78 is 0. The van der Waals surface area contributed by atoms with E-state index in [2.05, 4.69) is 41.0 Å². The SMILES string of the molecule is Cc1ccc(C2CC3CCC(C2)N3C(=O)N2CCCCC2)cc1. The number of aryl methyl sites for hydroxylation is 1. The molecular formula is C20H28N2O. The molecule has 0 aliphatic carbocycles. The van der Waals surface area contributed by atoms with Crippen LogP contribution in [0.2, 0.25) is 0 Å². The normalized spacial score (nSPS) is 30.6. The zero-order chi connectivity index (χ0) is 15.8. The predicted molar refractivity (Wildman–Crippen MR) is 92.6 cm³/mol. The number of rotatable bonds is 1. The Bertz CT molecular complexity index is 548. The van der Waals surface area contributed by atoms with Gasteiger partial charge in [0.15, 0.2) is 0 Å². The fraction of sp³-hybridized carbons (Fsp3) is 0.650. The highest BCUT2D eigenvalue weighted by Crippen LogP contribution is 2.43. The minimum atomic E-state index is 0.333. The molecule has 3 fully saturated rings. The van der Waals surface area contributed by atoms with E-state index in [1.807, 2.05) is 0 Å². The molecular weight excluding hydrogens is 284 g/mol. The first kappa shape index (κ1) is 15.0. The van der Waals surface area contributed by atoms with Gasteiger partial charge in [-0.15, -0.1) is 0 Å². The Kier molecular flexibility index (Phi) is 4.04. The van der Waals surface area contributed by atoms with Gasteiger partial charge in [0.1, 0.15) is 0 Å². The molecule has 3 aliphatic heterocycles. The predicted octanol–water partition coefficient (Wildman–Crippen LogP) is 4.31. The van der Waals surface area contributed by atoms with Crippen LogP contribution in [0, 0.1) is 6.92 Å². The molecule has 3 aliphatic rings. The van der Waals surface area contributed by atoms with E-state index >= 15 is 0 Å². The maximum atomic E-state index is 13.0. The molecule has 0 aromatic heterocycles. The Morgan fingerprint density at radius 1 is 0.957 bits per heavy atom. The number of nitrogens with zero attached hydrogens (tertiary/aromatic N) is 2. The van der Waals surface area contributed by atoms with Crippen LogP contribution in [0.25, 0.3) is 0 Å². The number of fused-ring (bicyclic) bond motifs is 2. The second-order valence-corrected chi connectivity index (χ2v) is 7.70. The molecule has 0 N–H and O–H groups in total. The van der Waals surface area contributed by atoms with E-state index in [-0.39, 0.29) is 0 Å². The number of piperidine rings is 2. The molecule has 2 atom stereocenters. The van der Waals surface area contributed by atoms with E-state index in [1.54, 1.807) is 0 Å². The van der Waals surface area contributed by atoms with Crippen molar-refractivity contribution >= 4 is 6.03 Å². The summed E-state index contributed by atoms with van der Waals surface area (Å²) in [6, 6.07) is 10.3. The number of hydrogen-bond donors (Lipinski definition) is 0. The summed E-state index contributed by atoms with van der Waals surface area (Å²) in [5.74, 6) is 0.638. The minimum absolute atomic E-state index is 0.333. The summed E-state index contributed by atoms with van der Waals surface area (Å²) in [6.45, 7) is 4.08. The Labute approximate surface area is 139 Å². The van der Waals surface area contributed by atoms with Gasteiger partial charge in [0, 0.05) is 25.2 Å². The third-order valence-electron chi connectivity index (χ3n) is 6.13. The van der Waals surface area contributed by atoms with E-state index in [4.69, 9.17) is 0 Å². The van der Waals surface area contributed by atoms with Crippen molar-refractivity contribution in [3.8, 4) is 0 Å². The second kappa shape index (κ2) is 6.18. The second-order valence-electron chi connectivity index (χ2n) is 7.70. The maximum absolute atomic E-state index is 13.0. The van der Waals surface area contributed by atoms with Crippen LogP contribution < -0.4 is 0 Å². The summed E-state index contributed by atoms with van der Waals surface area (Å²) in [4.78, 5) is 17.3. The van der Waals surface area contributed by atoms with Crippen LogP contribution in [0.15, 0.2) is 24.3 Å². The molecule has 23 heavy (non-hydrogen) atoms. The lowest BCUT2D eigenvalue weighted by molar-refractivity contribution is 0.0991. The molecule has 3 heteroatoms. The summed E-state index contributed by atoms with van der Waals surface area (Å²) in [5, 5.41) is 0. The van der Waals surface area contributed by atoms with Gasteiger partial charge >= 0.3 is 6.03 Å². The van der Waals surface area contributed by atoms with Crippen LogP contribution in [0.3, 0.4) is 0 Å². The fourth-order valence-electron chi connectivity index (χ4n) is 4.85. The Morgan fingerprint density at radius 3 is 2.17 bits per heavy atom. The van der Waals surface area contributed by atoms with Gasteiger partial charge < -0.3 is 9.80 Å². The van der Waals surface area contributed by atoms with Crippen LogP contribution >= 0.6 is 0 Å². The van der Waals surface area contributed by atoms with Crippen molar-refractivity contribution in [1.29, 1.82) is 0 Å². The molecule has 3 heterocycles. The highest BCUT2D eigenvalue weighted by atomic mass is 16.2. The largest absolute Gasteiger partial charge is 0.325 e. The topological polar surface area (TPSA) is 23.6 Å². The monoisotopic (exact) mass is 312 g/mol. The van der Waals surface area contributed by atoms with Crippen LogP contribution in [0.1, 0.15) is 62.0 Å². The van der Waals surface area contributed by atoms with E-state index < -0.39 is 0 Å². The summed E-state index contributed by atoms with van der Waals surface area (Å²) in [7, 11) is 0. The van der Waals surface area contributed by atoms with Crippen molar-refractivity contribution in [1.82, 2.24) is 9.80 Å². The van der Waals surface area contributed by atoms with E-state index in [9.17, 15) is 4.79 Å². The lowest BCUT2D eigenvalue weighted by atomic mass is 9.85. The molecule has 1 aromatic carbocycles. The molecule has 124 valence electrons. The van der Waals surface area contributed by atoms with Crippen molar-refractivity contribution < 1.29 is 4.79 Å². The van der Waals surface area contributed by atoms with Gasteiger partial charge in [-0.1, -0.05) is 29.8 Å². The van der Waals surface area contributed by atoms with E-state index in [0.717, 1.165) is 25.9 Å². The number of benzene rings is 1. The standard InChI is InChI=1S/C20H28N2O/c1-15-5-7-16(8-6-15)17-13-18-9-10-19(14-17)22(18)20(23)21-11-3-2-4-12-21/h5-8,17-19H,2-4,9-14H2,1H3. The Hall–Kier alpha value is -1.51. The Balaban J connectivity index is 1.47. The van der Waals surface area contributed by atoms with Crippen molar-refractivity contribution in [2.24, 2.45) is 0 Å².